The molecule has 2 unspecified atom stereocenters. The van der Waals surface area contributed by atoms with Crippen molar-refractivity contribution in [3.63, 3.8) is 0 Å². The minimum Gasteiger partial charge on any atom is -0.313 e. The fourth-order valence-electron chi connectivity index (χ4n) is 2.68. The van der Waals surface area contributed by atoms with Crippen LogP contribution in [0.4, 0.5) is 0 Å². The zero-order valence-electron chi connectivity index (χ0n) is 9.58. The molecule has 0 saturated carbocycles. The molecule has 1 N–H and O–H groups in total. The maximum absolute atomic E-state index is 3.58. The van der Waals surface area contributed by atoms with Crippen molar-refractivity contribution in [3.05, 3.63) is 0 Å². The molecule has 0 aromatic carbocycles. The van der Waals surface area contributed by atoms with E-state index in [-0.39, 0.29) is 24.8 Å². The van der Waals surface area contributed by atoms with Gasteiger partial charge < -0.3 is 10.2 Å². The summed E-state index contributed by atoms with van der Waals surface area (Å²) in [6.45, 7) is 7.59. The number of halogens is 2. The summed E-state index contributed by atoms with van der Waals surface area (Å²) in [5.41, 5.74) is 0. The minimum absolute atomic E-state index is 0. The Hall–Kier alpha value is 0.500. The zero-order chi connectivity index (χ0) is 9.10. The minimum atomic E-state index is 0. The number of hydrogen-bond donors (Lipinski definition) is 1. The van der Waals surface area contributed by atoms with Crippen molar-refractivity contribution in [1.29, 1.82) is 0 Å². The van der Waals surface area contributed by atoms with Crippen LogP contribution in [0.1, 0.15) is 32.6 Å². The Morgan fingerprint density at radius 3 is 2.60 bits per heavy atom. The van der Waals surface area contributed by atoms with Gasteiger partial charge in [-0.1, -0.05) is 6.92 Å². The van der Waals surface area contributed by atoms with Gasteiger partial charge >= 0.3 is 0 Å². The second-order valence-electron chi connectivity index (χ2n) is 4.80. The van der Waals surface area contributed by atoms with Crippen LogP contribution < -0.4 is 5.32 Å². The average molecular weight is 255 g/mol. The molecular weight excluding hydrogens is 231 g/mol. The highest BCUT2D eigenvalue weighted by Gasteiger charge is 2.21. The first-order chi connectivity index (χ1) is 6.34. The molecule has 0 radical (unpaired) electrons. The molecule has 92 valence electrons. The van der Waals surface area contributed by atoms with Crippen molar-refractivity contribution in [3.8, 4) is 0 Å². The molecule has 2 aliphatic rings. The Labute approximate surface area is 106 Å². The second-order valence-corrected chi connectivity index (χ2v) is 4.80. The van der Waals surface area contributed by atoms with Gasteiger partial charge in [0.05, 0.1) is 0 Å². The van der Waals surface area contributed by atoms with Gasteiger partial charge in [0.25, 0.3) is 0 Å². The van der Waals surface area contributed by atoms with E-state index in [1.165, 1.54) is 51.9 Å². The predicted molar refractivity (Wildman–Crippen MR) is 70.4 cm³/mol. The Bertz CT molecular complexity index is 161. The van der Waals surface area contributed by atoms with E-state index in [0.29, 0.717) is 0 Å². The molecule has 0 aliphatic carbocycles. The van der Waals surface area contributed by atoms with Gasteiger partial charge in [-0.25, -0.2) is 0 Å². The third kappa shape index (κ3) is 4.90. The quantitative estimate of drug-likeness (QED) is 0.814. The molecule has 0 spiro atoms. The van der Waals surface area contributed by atoms with Crippen molar-refractivity contribution in [2.45, 2.75) is 38.6 Å². The number of likely N-dealkylation sites (tertiary alicyclic amines) is 1. The maximum Gasteiger partial charge on any atom is 0.0195 e. The van der Waals surface area contributed by atoms with Crippen molar-refractivity contribution in [2.24, 2.45) is 5.92 Å². The maximum atomic E-state index is 3.58. The molecule has 0 aromatic rings. The van der Waals surface area contributed by atoms with Gasteiger partial charge in [0, 0.05) is 19.1 Å². The monoisotopic (exact) mass is 254 g/mol. The Balaban J connectivity index is 0.000000980. The number of nitrogens with one attached hydrogen (secondary N) is 1. The first-order valence-corrected chi connectivity index (χ1v) is 5.80. The van der Waals surface area contributed by atoms with Crippen LogP contribution in [0.25, 0.3) is 0 Å². The molecule has 2 atom stereocenters. The number of rotatable bonds is 2. The summed E-state index contributed by atoms with van der Waals surface area (Å²) in [4.78, 5) is 2.65. The first kappa shape index (κ1) is 15.5. The molecule has 0 aromatic heterocycles. The molecule has 0 amide bonds. The number of hydrogen-bond acceptors (Lipinski definition) is 2. The van der Waals surface area contributed by atoms with Crippen LogP contribution in [0, 0.1) is 5.92 Å². The van der Waals surface area contributed by atoms with Crippen molar-refractivity contribution < 1.29 is 0 Å². The van der Waals surface area contributed by atoms with E-state index < -0.39 is 0 Å². The molecule has 2 heterocycles. The third-order valence-electron chi connectivity index (χ3n) is 3.38. The van der Waals surface area contributed by atoms with Gasteiger partial charge in [0.15, 0.2) is 0 Å². The Morgan fingerprint density at radius 2 is 2.00 bits per heavy atom. The fraction of sp³-hybridized carbons (Fsp3) is 1.00. The topological polar surface area (TPSA) is 15.3 Å². The lowest BCUT2D eigenvalue weighted by atomic mass is 10.00. The summed E-state index contributed by atoms with van der Waals surface area (Å²) in [6.07, 6.45) is 5.63. The van der Waals surface area contributed by atoms with E-state index in [9.17, 15) is 0 Å². The third-order valence-corrected chi connectivity index (χ3v) is 3.38. The number of piperidine rings is 1. The summed E-state index contributed by atoms with van der Waals surface area (Å²) in [5, 5.41) is 3.58. The van der Waals surface area contributed by atoms with E-state index in [0.717, 1.165) is 12.0 Å². The zero-order valence-corrected chi connectivity index (χ0v) is 11.2. The first-order valence-electron chi connectivity index (χ1n) is 5.80. The Morgan fingerprint density at radius 1 is 1.20 bits per heavy atom. The highest BCUT2D eigenvalue weighted by molar-refractivity contribution is 5.85. The smallest absolute Gasteiger partial charge is 0.0195 e. The van der Waals surface area contributed by atoms with E-state index in [1.54, 1.807) is 0 Å². The van der Waals surface area contributed by atoms with Crippen LogP contribution in [-0.2, 0) is 0 Å². The second kappa shape index (κ2) is 7.72. The lowest BCUT2D eigenvalue weighted by Gasteiger charge is -2.32. The standard InChI is InChI=1S/C11H22N2.2ClH/c1-10-4-3-7-13(8-10)9-11-5-2-6-12-11;;/h10-12H,2-9H2,1H3;2*1H. The van der Waals surface area contributed by atoms with Gasteiger partial charge in [-0.05, 0) is 44.7 Å². The summed E-state index contributed by atoms with van der Waals surface area (Å²) < 4.78 is 0. The largest absolute Gasteiger partial charge is 0.313 e. The van der Waals surface area contributed by atoms with Crippen LogP contribution >= 0.6 is 24.8 Å². The van der Waals surface area contributed by atoms with Crippen molar-refractivity contribution in [2.75, 3.05) is 26.2 Å². The predicted octanol–water partition coefficient (Wildman–Crippen LogP) is 2.31. The summed E-state index contributed by atoms with van der Waals surface area (Å²) in [5.74, 6) is 0.926. The normalized spacial score (nSPS) is 31.8. The lowest BCUT2D eigenvalue weighted by Crippen LogP contribution is -2.42. The molecule has 2 rings (SSSR count). The summed E-state index contributed by atoms with van der Waals surface area (Å²) >= 11 is 0. The van der Waals surface area contributed by atoms with Crippen LogP contribution in [0.5, 0.6) is 0 Å². The molecular formula is C11H24Cl2N2. The van der Waals surface area contributed by atoms with Crippen LogP contribution in [0.2, 0.25) is 0 Å². The lowest BCUT2D eigenvalue weighted by molar-refractivity contribution is 0.170. The molecule has 4 heteroatoms. The van der Waals surface area contributed by atoms with E-state index in [1.807, 2.05) is 0 Å². The van der Waals surface area contributed by atoms with Gasteiger partial charge in [0.2, 0.25) is 0 Å². The van der Waals surface area contributed by atoms with Gasteiger partial charge in [-0.2, -0.15) is 0 Å². The molecule has 0 bridgehead atoms. The molecule has 15 heavy (non-hydrogen) atoms. The molecule has 2 aliphatic heterocycles. The molecule has 2 nitrogen and oxygen atoms in total. The van der Waals surface area contributed by atoms with Gasteiger partial charge in [0.1, 0.15) is 0 Å². The van der Waals surface area contributed by atoms with E-state index >= 15 is 0 Å². The highest BCUT2D eigenvalue weighted by Crippen LogP contribution is 2.17. The van der Waals surface area contributed by atoms with E-state index in [2.05, 4.69) is 17.1 Å². The molecule has 2 fully saturated rings. The van der Waals surface area contributed by atoms with Crippen molar-refractivity contribution >= 4 is 24.8 Å². The van der Waals surface area contributed by atoms with Crippen LogP contribution in [-0.4, -0.2) is 37.1 Å². The Kier molecular flexibility index (Phi) is 7.98. The molecule has 2 saturated heterocycles. The summed E-state index contributed by atoms with van der Waals surface area (Å²) in [7, 11) is 0. The SMILES string of the molecule is CC1CCCN(CC2CCCN2)C1.Cl.Cl. The van der Waals surface area contributed by atoms with Crippen LogP contribution in [0.3, 0.4) is 0 Å². The van der Waals surface area contributed by atoms with E-state index in [4.69, 9.17) is 0 Å². The van der Waals surface area contributed by atoms with Gasteiger partial charge in [-0.3, -0.25) is 0 Å². The highest BCUT2D eigenvalue weighted by atomic mass is 35.5. The number of nitrogens with zero attached hydrogens (tertiary/aromatic N) is 1. The van der Waals surface area contributed by atoms with Crippen LogP contribution in [0.15, 0.2) is 0 Å². The van der Waals surface area contributed by atoms with Gasteiger partial charge in [-0.15, -0.1) is 24.8 Å². The average Bonchev–Trinajstić information content (AvgIpc) is 2.57. The van der Waals surface area contributed by atoms with Crippen molar-refractivity contribution in [1.82, 2.24) is 10.2 Å². The fourth-order valence-corrected chi connectivity index (χ4v) is 2.68. The summed E-state index contributed by atoms with van der Waals surface area (Å²) in [6, 6.07) is 0.797.